The van der Waals surface area contributed by atoms with Gasteiger partial charge in [-0.05, 0) is 35.9 Å². The molecule has 0 N–H and O–H groups in total. The summed E-state index contributed by atoms with van der Waals surface area (Å²) in [6.07, 6.45) is 0.992. The van der Waals surface area contributed by atoms with E-state index in [1.54, 1.807) is 9.80 Å². The third kappa shape index (κ3) is 5.11. The monoisotopic (exact) mass is 422 g/mol. The van der Waals surface area contributed by atoms with Crippen LogP contribution in [0.3, 0.4) is 0 Å². The molecule has 0 aliphatic carbocycles. The van der Waals surface area contributed by atoms with Gasteiger partial charge in [0.15, 0.2) is 0 Å². The van der Waals surface area contributed by atoms with Crippen molar-refractivity contribution in [3.05, 3.63) is 66.0 Å². The molecule has 160 valence electrons. The molecule has 0 atom stereocenters. The van der Waals surface area contributed by atoms with Gasteiger partial charge in [-0.15, -0.1) is 10.2 Å². The first-order valence-electron chi connectivity index (χ1n) is 10.3. The van der Waals surface area contributed by atoms with E-state index >= 15 is 0 Å². The van der Waals surface area contributed by atoms with Crippen molar-refractivity contribution in [3.63, 3.8) is 0 Å². The van der Waals surface area contributed by atoms with Crippen molar-refractivity contribution in [1.29, 1.82) is 0 Å². The fourth-order valence-electron chi connectivity index (χ4n) is 3.50. The molecule has 1 saturated heterocycles. The first-order chi connectivity index (χ1) is 15.1. The normalized spacial score (nSPS) is 14.0. The number of aryl methyl sites for hydroxylation is 1. The Morgan fingerprint density at radius 2 is 1.58 bits per heavy atom. The number of rotatable bonds is 6. The molecule has 1 aliphatic rings. The van der Waals surface area contributed by atoms with E-state index < -0.39 is 0 Å². The number of carbonyl (C=O) groups excluding carboxylic acids is 2. The fourth-order valence-corrected chi connectivity index (χ4v) is 3.50. The summed E-state index contributed by atoms with van der Waals surface area (Å²) in [5, 5.41) is 12.5. The van der Waals surface area contributed by atoms with Crippen molar-refractivity contribution >= 4 is 11.8 Å². The van der Waals surface area contributed by atoms with Crippen molar-refractivity contribution in [2.45, 2.75) is 19.4 Å². The highest BCUT2D eigenvalue weighted by molar-refractivity contribution is 5.94. The second-order valence-electron chi connectivity index (χ2n) is 7.36. The summed E-state index contributed by atoms with van der Waals surface area (Å²) in [7, 11) is 0. The van der Waals surface area contributed by atoms with Crippen LogP contribution < -0.4 is 0 Å². The minimum atomic E-state index is -0.371. The van der Waals surface area contributed by atoms with Gasteiger partial charge in [0.1, 0.15) is 5.82 Å². The molecule has 1 aromatic heterocycles. The van der Waals surface area contributed by atoms with Crippen molar-refractivity contribution in [2.24, 2.45) is 0 Å². The van der Waals surface area contributed by atoms with Crippen LogP contribution in [0.2, 0.25) is 0 Å². The number of tetrazole rings is 1. The van der Waals surface area contributed by atoms with Gasteiger partial charge in [0.25, 0.3) is 5.91 Å². The number of amides is 2. The molecule has 2 amide bonds. The largest absolute Gasteiger partial charge is 0.339 e. The Balaban J connectivity index is 1.21. The first kappa shape index (κ1) is 20.6. The molecule has 0 unspecified atom stereocenters. The average molecular weight is 422 g/mol. The highest BCUT2D eigenvalue weighted by Crippen LogP contribution is 2.13. The summed E-state index contributed by atoms with van der Waals surface area (Å²) in [6.45, 7) is 2.42. The standard InChI is InChI=1S/C22H23FN6O2/c23-19-10-8-18(9-11-19)22(31)28-15-13-27(14-16-28)20(30)7-4-12-29-25-21(24-26-29)17-5-2-1-3-6-17/h1-3,5-6,8-11H,4,7,12-16H2. The van der Waals surface area contributed by atoms with Crippen LogP contribution in [-0.2, 0) is 11.3 Å². The van der Waals surface area contributed by atoms with E-state index in [0.717, 1.165) is 5.56 Å². The third-order valence-corrected chi connectivity index (χ3v) is 5.24. The summed E-state index contributed by atoms with van der Waals surface area (Å²) in [5.41, 5.74) is 1.36. The molecule has 8 nitrogen and oxygen atoms in total. The zero-order valence-electron chi connectivity index (χ0n) is 17.0. The molecule has 9 heteroatoms. The van der Waals surface area contributed by atoms with Gasteiger partial charge in [-0.2, -0.15) is 4.80 Å². The number of aromatic nitrogens is 4. The minimum Gasteiger partial charge on any atom is -0.339 e. The number of benzene rings is 2. The first-order valence-corrected chi connectivity index (χ1v) is 10.3. The number of hydrogen-bond donors (Lipinski definition) is 0. The van der Waals surface area contributed by atoms with Crippen LogP contribution in [0.15, 0.2) is 54.6 Å². The van der Waals surface area contributed by atoms with Crippen molar-refractivity contribution in [1.82, 2.24) is 30.0 Å². The van der Waals surface area contributed by atoms with E-state index in [2.05, 4.69) is 15.4 Å². The summed E-state index contributed by atoms with van der Waals surface area (Å²) < 4.78 is 13.0. The number of carbonyl (C=O) groups is 2. The van der Waals surface area contributed by atoms with Gasteiger partial charge in [0.2, 0.25) is 11.7 Å². The highest BCUT2D eigenvalue weighted by atomic mass is 19.1. The lowest BCUT2D eigenvalue weighted by Crippen LogP contribution is -2.50. The number of hydrogen-bond acceptors (Lipinski definition) is 5. The number of piperazine rings is 1. The second kappa shape index (κ2) is 9.46. The molecule has 0 spiro atoms. The zero-order chi connectivity index (χ0) is 21.6. The van der Waals surface area contributed by atoms with Gasteiger partial charge >= 0.3 is 0 Å². The summed E-state index contributed by atoms with van der Waals surface area (Å²) in [5.74, 6) is 0.106. The SMILES string of the molecule is O=C(CCCn1nnc(-c2ccccc2)n1)N1CCN(C(=O)c2ccc(F)cc2)CC1. The molecule has 1 aliphatic heterocycles. The van der Waals surface area contributed by atoms with Gasteiger partial charge in [-0.1, -0.05) is 30.3 Å². The Morgan fingerprint density at radius 1 is 0.903 bits per heavy atom. The molecule has 0 bridgehead atoms. The number of halogens is 1. The molecule has 0 saturated carbocycles. The second-order valence-corrected chi connectivity index (χ2v) is 7.36. The van der Waals surface area contributed by atoms with Gasteiger partial charge in [-0.25, -0.2) is 4.39 Å². The van der Waals surface area contributed by atoms with Gasteiger partial charge in [0, 0.05) is 43.7 Å². The maximum Gasteiger partial charge on any atom is 0.253 e. The fraction of sp³-hybridized carbons (Fsp3) is 0.318. The quantitative estimate of drug-likeness (QED) is 0.608. The summed E-state index contributed by atoms with van der Waals surface area (Å²) in [6, 6.07) is 15.1. The maximum atomic E-state index is 13.0. The molecule has 3 aromatic rings. The summed E-state index contributed by atoms with van der Waals surface area (Å²) >= 11 is 0. The summed E-state index contributed by atoms with van der Waals surface area (Å²) in [4.78, 5) is 30.0. The van der Waals surface area contributed by atoms with Crippen molar-refractivity contribution in [3.8, 4) is 11.4 Å². The topological polar surface area (TPSA) is 84.2 Å². The van der Waals surface area contributed by atoms with E-state index in [-0.39, 0.29) is 17.6 Å². The lowest BCUT2D eigenvalue weighted by Gasteiger charge is -2.35. The highest BCUT2D eigenvalue weighted by Gasteiger charge is 2.24. The number of nitrogens with zero attached hydrogens (tertiary/aromatic N) is 6. The van der Waals surface area contributed by atoms with Gasteiger partial charge in [0.05, 0.1) is 6.54 Å². The van der Waals surface area contributed by atoms with Gasteiger partial charge in [-0.3, -0.25) is 9.59 Å². The molecule has 31 heavy (non-hydrogen) atoms. The Bertz CT molecular complexity index is 1030. The van der Waals surface area contributed by atoms with E-state index in [4.69, 9.17) is 0 Å². The average Bonchev–Trinajstić information content (AvgIpc) is 3.29. The van der Waals surface area contributed by atoms with Crippen LogP contribution in [0.25, 0.3) is 11.4 Å². The Morgan fingerprint density at radius 3 is 2.29 bits per heavy atom. The molecule has 0 radical (unpaired) electrons. The van der Waals surface area contributed by atoms with Crippen molar-refractivity contribution < 1.29 is 14.0 Å². The molecular formula is C22H23FN6O2. The Labute approximate surface area is 179 Å². The predicted octanol–water partition coefficient (Wildman–Crippen LogP) is 2.24. The molecule has 2 aromatic carbocycles. The maximum absolute atomic E-state index is 13.0. The Hall–Kier alpha value is -3.62. The van der Waals surface area contributed by atoms with Crippen LogP contribution in [0.5, 0.6) is 0 Å². The van der Waals surface area contributed by atoms with Crippen LogP contribution in [0.4, 0.5) is 4.39 Å². The smallest absolute Gasteiger partial charge is 0.253 e. The van der Waals surface area contributed by atoms with E-state index in [9.17, 15) is 14.0 Å². The van der Waals surface area contributed by atoms with E-state index in [1.165, 1.54) is 29.1 Å². The van der Waals surface area contributed by atoms with Crippen LogP contribution in [0.1, 0.15) is 23.2 Å². The predicted molar refractivity (Wildman–Crippen MR) is 111 cm³/mol. The molecule has 2 heterocycles. The zero-order valence-corrected chi connectivity index (χ0v) is 17.0. The van der Waals surface area contributed by atoms with Crippen LogP contribution >= 0.6 is 0 Å². The van der Waals surface area contributed by atoms with E-state index in [1.807, 2.05) is 30.3 Å². The van der Waals surface area contributed by atoms with Gasteiger partial charge < -0.3 is 9.80 Å². The lowest BCUT2D eigenvalue weighted by atomic mass is 10.1. The minimum absolute atomic E-state index is 0.0530. The third-order valence-electron chi connectivity index (χ3n) is 5.24. The van der Waals surface area contributed by atoms with Crippen molar-refractivity contribution in [2.75, 3.05) is 26.2 Å². The van der Waals surface area contributed by atoms with E-state index in [0.29, 0.717) is 57.0 Å². The lowest BCUT2D eigenvalue weighted by molar-refractivity contribution is -0.132. The Kier molecular flexibility index (Phi) is 6.30. The van der Waals surface area contributed by atoms with Crippen LogP contribution in [0, 0.1) is 5.82 Å². The van der Waals surface area contributed by atoms with Crippen LogP contribution in [-0.4, -0.2) is 68.0 Å². The molecule has 1 fully saturated rings. The molecular weight excluding hydrogens is 399 g/mol. The molecule has 4 rings (SSSR count).